The third-order valence-corrected chi connectivity index (χ3v) is 3.83. The fourth-order valence-electron chi connectivity index (χ4n) is 2.06. The van der Waals surface area contributed by atoms with Crippen molar-refractivity contribution in [2.75, 3.05) is 0 Å². The first-order valence-electron chi connectivity index (χ1n) is 5.72. The zero-order valence-electron chi connectivity index (χ0n) is 9.56. The van der Waals surface area contributed by atoms with Crippen LogP contribution in [0, 0.1) is 6.92 Å². The molecule has 2 heteroatoms. The van der Waals surface area contributed by atoms with E-state index in [1.54, 1.807) is 0 Å². The van der Waals surface area contributed by atoms with Crippen molar-refractivity contribution >= 4 is 15.9 Å². The number of rotatable bonds is 2. The van der Waals surface area contributed by atoms with Crippen LogP contribution in [0.1, 0.15) is 28.9 Å². The third-order valence-electron chi connectivity index (χ3n) is 3.11. The minimum absolute atomic E-state index is 0.202. The molecule has 1 heterocycles. The van der Waals surface area contributed by atoms with Crippen molar-refractivity contribution in [3.8, 4) is 0 Å². The lowest BCUT2D eigenvalue weighted by Crippen LogP contribution is -1.86. The second-order valence-corrected chi connectivity index (χ2v) is 5.26. The molecule has 1 aliphatic rings. The number of hydrogen-bond donors (Lipinski definition) is 0. The highest BCUT2D eigenvalue weighted by molar-refractivity contribution is 9.10. The van der Waals surface area contributed by atoms with Gasteiger partial charge in [0.25, 0.3) is 0 Å². The first kappa shape index (κ1) is 11.0. The number of aryl methyl sites for hydroxylation is 1. The molecule has 17 heavy (non-hydrogen) atoms. The summed E-state index contributed by atoms with van der Waals surface area (Å²) in [6, 6.07) is 16.8. The standard InChI is InChI=1S/C15H13BrO/c1-10-6-8-11(9-7-10)14-15(17-14)12-4-2-3-5-13(12)16/h2-9,14-15H,1H3/t14-,15-/m0/s1. The highest BCUT2D eigenvalue weighted by Gasteiger charge is 2.42. The average Bonchev–Trinajstić information content (AvgIpc) is 3.11. The summed E-state index contributed by atoms with van der Waals surface area (Å²) in [5, 5.41) is 0. The van der Waals surface area contributed by atoms with Gasteiger partial charge < -0.3 is 4.74 Å². The summed E-state index contributed by atoms with van der Waals surface area (Å²) < 4.78 is 6.90. The molecular weight excluding hydrogens is 276 g/mol. The van der Waals surface area contributed by atoms with Gasteiger partial charge in [0.05, 0.1) is 0 Å². The molecule has 1 fully saturated rings. The molecule has 0 amide bonds. The van der Waals surface area contributed by atoms with Crippen LogP contribution in [0.2, 0.25) is 0 Å². The van der Waals surface area contributed by atoms with Gasteiger partial charge in [0, 0.05) is 4.47 Å². The van der Waals surface area contributed by atoms with E-state index in [1.807, 2.05) is 12.1 Å². The van der Waals surface area contributed by atoms with Crippen LogP contribution in [0.5, 0.6) is 0 Å². The minimum atomic E-state index is 0.202. The number of halogens is 1. The molecule has 0 unspecified atom stereocenters. The van der Waals surface area contributed by atoms with Crippen molar-refractivity contribution in [1.82, 2.24) is 0 Å². The molecule has 0 aliphatic carbocycles. The number of ether oxygens (including phenoxy) is 1. The van der Waals surface area contributed by atoms with E-state index in [1.165, 1.54) is 16.7 Å². The molecule has 2 aromatic rings. The van der Waals surface area contributed by atoms with Gasteiger partial charge in [-0.15, -0.1) is 0 Å². The molecule has 2 aromatic carbocycles. The van der Waals surface area contributed by atoms with Crippen molar-refractivity contribution in [2.45, 2.75) is 19.1 Å². The molecule has 3 rings (SSSR count). The molecule has 1 saturated heterocycles. The Bertz CT molecular complexity index is 533. The lowest BCUT2D eigenvalue weighted by Gasteiger charge is -2.00. The Balaban J connectivity index is 1.83. The molecule has 86 valence electrons. The van der Waals surface area contributed by atoms with Crippen molar-refractivity contribution in [3.05, 3.63) is 69.7 Å². The molecule has 1 nitrogen and oxygen atoms in total. The zero-order valence-corrected chi connectivity index (χ0v) is 11.1. The van der Waals surface area contributed by atoms with Crippen LogP contribution in [0.15, 0.2) is 53.0 Å². The molecule has 0 N–H and O–H groups in total. The van der Waals surface area contributed by atoms with Crippen LogP contribution >= 0.6 is 15.9 Å². The average molecular weight is 289 g/mol. The third kappa shape index (κ3) is 2.15. The van der Waals surface area contributed by atoms with Crippen LogP contribution in [-0.2, 0) is 4.74 Å². The largest absolute Gasteiger partial charge is 0.359 e. The van der Waals surface area contributed by atoms with Crippen LogP contribution < -0.4 is 0 Å². The number of hydrogen-bond acceptors (Lipinski definition) is 1. The maximum absolute atomic E-state index is 5.78. The lowest BCUT2D eigenvalue weighted by atomic mass is 10.0. The Kier molecular flexibility index (Phi) is 2.77. The summed E-state index contributed by atoms with van der Waals surface area (Å²) in [7, 11) is 0. The van der Waals surface area contributed by atoms with Crippen molar-refractivity contribution in [3.63, 3.8) is 0 Å². The monoisotopic (exact) mass is 288 g/mol. The van der Waals surface area contributed by atoms with Gasteiger partial charge in [-0.1, -0.05) is 64.0 Å². The zero-order chi connectivity index (χ0) is 11.8. The summed E-state index contributed by atoms with van der Waals surface area (Å²) in [6.07, 6.45) is 0.419. The van der Waals surface area contributed by atoms with E-state index in [4.69, 9.17) is 4.74 Å². The van der Waals surface area contributed by atoms with Crippen LogP contribution in [0.4, 0.5) is 0 Å². The fourth-order valence-corrected chi connectivity index (χ4v) is 2.57. The van der Waals surface area contributed by atoms with Gasteiger partial charge in [-0.05, 0) is 24.1 Å². The van der Waals surface area contributed by atoms with E-state index in [-0.39, 0.29) is 12.2 Å². The fraction of sp³-hybridized carbons (Fsp3) is 0.200. The van der Waals surface area contributed by atoms with Gasteiger partial charge in [0.15, 0.2) is 0 Å². The van der Waals surface area contributed by atoms with Gasteiger partial charge in [0.1, 0.15) is 12.2 Å². The second-order valence-electron chi connectivity index (χ2n) is 4.41. The van der Waals surface area contributed by atoms with Crippen molar-refractivity contribution < 1.29 is 4.74 Å². The van der Waals surface area contributed by atoms with E-state index in [0.29, 0.717) is 0 Å². The van der Waals surface area contributed by atoms with Gasteiger partial charge in [-0.25, -0.2) is 0 Å². The molecule has 1 aliphatic heterocycles. The Hall–Kier alpha value is -1.12. The summed E-state index contributed by atoms with van der Waals surface area (Å²) in [4.78, 5) is 0. The van der Waals surface area contributed by atoms with Crippen LogP contribution in [0.25, 0.3) is 0 Å². The molecule has 0 aromatic heterocycles. The smallest absolute Gasteiger partial charge is 0.115 e. The molecular formula is C15H13BrO. The van der Waals surface area contributed by atoms with Crippen molar-refractivity contribution in [2.24, 2.45) is 0 Å². The summed E-state index contributed by atoms with van der Waals surface area (Å²) in [5.41, 5.74) is 3.78. The van der Waals surface area contributed by atoms with Gasteiger partial charge in [-0.2, -0.15) is 0 Å². The van der Waals surface area contributed by atoms with Crippen LogP contribution in [0.3, 0.4) is 0 Å². The predicted molar refractivity (Wildman–Crippen MR) is 71.9 cm³/mol. The van der Waals surface area contributed by atoms with E-state index < -0.39 is 0 Å². The molecule has 0 radical (unpaired) electrons. The van der Waals surface area contributed by atoms with Crippen LogP contribution in [-0.4, -0.2) is 0 Å². The summed E-state index contributed by atoms with van der Waals surface area (Å²) in [6.45, 7) is 2.10. The Morgan fingerprint density at radius 1 is 0.941 bits per heavy atom. The molecule has 0 saturated carbocycles. The minimum Gasteiger partial charge on any atom is -0.359 e. The summed E-state index contributed by atoms with van der Waals surface area (Å²) >= 11 is 3.57. The van der Waals surface area contributed by atoms with E-state index in [9.17, 15) is 0 Å². The van der Waals surface area contributed by atoms with Gasteiger partial charge in [0.2, 0.25) is 0 Å². The Morgan fingerprint density at radius 2 is 1.65 bits per heavy atom. The first-order chi connectivity index (χ1) is 8.25. The van der Waals surface area contributed by atoms with Gasteiger partial charge in [-0.3, -0.25) is 0 Å². The van der Waals surface area contributed by atoms with E-state index in [2.05, 4.69) is 59.3 Å². The topological polar surface area (TPSA) is 12.5 Å². The Labute approximate surface area is 110 Å². The lowest BCUT2D eigenvalue weighted by molar-refractivity contribution is 0.377. The molecule has 2 atom stereocenters. The highest BCUT2D eigenvalue weighted by atomic mass is 79.9. The first-order valence-corrected chi connectivity index (χ1v) is 6.51. The molecule has 0 spiro atoms. The Morgan fingerprint density at radius 3 is 2.35 bits per heavy atom. The predicted octanol–water partition coefficient (Wildman–Crippen LogP) is 4.57. The highest BCUT2D eigenvalue weighted by Crippen LogP contribution is 2.52. The normalized spacial score (nSPS) is 22.5. The second kappa shape index (κ2) is 4.28. The summed E-state index contributed by atoms with van der Waals surface area (Å²) in [5.74, 6) is 0. The maximum atomic E-state index is 5.78. The number of benzene rings is 2. The van der Waals surface area contributed by atoms with Gasteiger partial charge >= 0.3 is 0 Å². The van der Waals surface area contributed by atoms with E-state index >= 15 is 0 Å². The number of epoxide rings is 1. The van der Waals surface area contributed by atoms with E-state index in [0.717, 1.165) is 4.47 Å². The SMILES string of the molecule is Cc1ccc([C@@H]2O[C@H]2c2ccccc2Br)cc1. The molecule has 0 bridgehead atoms. The quantitative estimate of drug-likeness (QED) is 0.738. The van der Waals surface area contributed by atoms with Crippen molar-refractivity contribution in [1.29, 1.82) is 0 Å². The maximum Gasteiger partial charge on any atom is 0.115 e.